The molecule has 0 aromatic rings. The molecule has 0 heterocycles. The minimum absolute atomic E-state index is 0.521. The lowest BCUT2D eigenvalue weighted by Gasteiger charge is -2.30. The maximum atomic E-state index is 12.7. The van der Waals surface area contributed by atoms with E-state index in [0.717, 1.165) is 0 Å². The number of amides is 1. The van der Waals surface area contributed by atoms with Crippen LogP contribution in [0.25, 0.3) is 0 Å². The summed E-state index contributed by atoms with van der Waals surface area (Å²) in [5, 5.41) is 0. The van der Waals surface area contributed by atoms with E-state index >= 15 is 0 Å². The molecule has 1 rings (SSSR count). The number of rotatable bonds is 1. The van der Waals surface area contributed by atoms with E-state index in [1.54, 1.807) is 5.43 Å². The van der Waals surface area contributed by atoms with Crippen LogP contribution < -0.4 is 11.3 Å². The number of nitrogens with two attached hydrogens (primary N) is 1. The van der Waals surface area contributed by atoms with E-state index in [0.29, 0.717) is 6.08 Å². The maximum absolute atomic E-state index is 12.7. The van der Waals surface area contributed by atoms with Crippen molar-refractivity contribution < 1.29 is 22.4 Å². The van der Waals surface area contributed by atoms with Gasteiger partial charge in [0, 0.05) is 5.57 Å². The molecule has 0 saturated heterocycles. The minimum atomic E-state index is -4.64. The van der Waals surface area contributed by atoms with Gasteiger partial charge >= 0.3 is 6.18 Å². The molecule has 0 spiro atoms. The zero-order chi connectivity index (χ0) is 10.2. The molecule has 0 radical (unpaired) electrons. The summed E-state index contributed by atoms with van der Waals surface area (Å²) < 4.78 is 48.2. The second-order valence-electron chi connectivity index (χ2n) is 2.56. The largest absolute Gasteiger partial charge is 0.398 e. The third-order valence-electron chi connectivity index (χ3n) is 1.74. The Bertz CT molecular complexity index is 260. The Morgan fingerprint density at radius 2 is 2.08 bits per heavy atom. The molecule has 2 unspecified atom stereocenters. The summed E-state index contributed by atoms with van der Waals surface area (Å²) in [6.45, 7) is 0. The maximum Gasteiger partial charge on any atom is 0.398 e. The summed E-state index contributed by atoms with van der Waals surface area (Å²) in [4.78, 5) is 10.6. The van der Waals surface area contributed by atoms with Gasteiger partial charge in [0.25, 0.3) is 5.91 Å². The Balaban J connectivity index is 2.73. The van der Waals surface area contributed by atoms with Gasteiger partial charge in [-0.2, -0.15) is 13.2 Å². The van der Waals surface area contributed by atoms with E-state index in [-0.39, 0.29) is 0 Å². The number of carbonyl (C=O) groups excluding carboxylic acids is 1. The van der Waals surface area contributed by atoms with E-state index in [1.165, 1.54) is 0 Å². The number of nitrogens with one attached hydrogen (secondary N) is 1. The van der Waals surface area contributed by atoms with E-state index in [9.17, 15) is 22.4 Å². The van der Waals surface area contributed by atoms with E-state index in [2.05, 4.69) is 5.84 Å². The number of alkyl halides is 4. The normalized spacial score (nSPS) is 27.6. The van der Waals surface area contributed by atoms with E-state index in [1.807, 2.05) is 0 Å². The molecule has 1 aliphatic carbocycles. The van der Waals surface area contributed by atoms with Crippen molar-refractivity contribution in [3.63, 3.8) is 0 Å². The zero-order valence-electron chi connectivity index (χ0n) is 6.23. The average molecular weight is 198 g/mol. The van der Waals surface area contributed by atoms with Crippen molar-refractivity contribution in [2.75, 3.05) is 0 Å². The van der Waals surface area contributed by atoms with Gasteiger partial charge in [0.05, 0.1) is 0 Å². The number of carbonyl (C=O) groups is 1. The molecule has 7 heteroatoms. The topological polar surface area (TPSA) is 55.1 Å². The molecule has 1 amide bonds. The van der Waals surface area contributed by atoms with Crippen LogP contribution in [0.5, 0.6) is 0 Å². The second-order valence-corrected chi connectivity index (χ2v) is 2.56. The summed E-state index contributed by atoms with van der Waals surface area (Å²) in [5.74, 6) is 1.41. The van der Waals surface area contributed by atoms with E-state index < -0.39 is 29.7 Å². The number of halogens is 4. The van der Waals surface area contributed by atoms with Crippen LogP contribution in [0.1, 0.15) is 0 Å². The molecule has 13 heavy (non-hydrogen) atoms. The monoisotopic (exact) mass is 198 g/mol. The molecule has 3 nitrogen and oxygen atoms in total. The molecule has 3 N–H and O–H groups in total. The van der Waals surface area contributed by atoms with Crippen LogP contribution in [0, 0.1) is 5.92 Å². The Kier molecular flexibility index (Phi) is 2.29. The highest BCUT2D eigenvalue weighted by Crippen LogP contribution is 2.41. The summed E-state index contributed by atoms with van der Waals surface area (Å²) in [5.41, 5.74) is 0.990. The highest BCUT2D eigenvalue weighted by Gasteiger charge is 2.52. The first kappa shape index (κ1) is 9.97. The number of hydrogen-bond acceptors (Lipinski definition) is 2. The van der Waals surface area contributed by atoms with Crippen molar-refractivity contribution in [2.24, 2.45) is 11.8 Å². The highest BCUT2D eigenvalue weighted by atomic mass is 19.4. The smallest absolute Gasteiger partial charge is 0.290 e. The van der Waals surface area contributed by atoms with Crippen LogP contribution in [-0.2, 0) is 4.79 Å². The fourth-order valence-electron chi connectivity index (χ4n) is 0.989. The molecular weight excluding hydrogens is 192 g/mol. The molecule has 0 aromatic heterocycles. The van der Waals surface area contributed by atoms with Crippen LogP contribution >= 0.6 is 0 Å². The SMILES string of the molecule is NNC(=O)C1=CC(C(F)(F)F)C1F. The van der Waals surface area contributed by atoms with Crippen LogP contribution in [-0.4, -0.2) is 18.3 Å². The van der Waals surface area contributed by atoms with Gasteiger partial charge in [-0.1, -0.05) is 6.08 Å². The Morgan fingerprint density at radius 1 is 1.54 bits per heavy atom. The average Bonchev–Trinajstić information content (AvgIpc) is 1.98. The first-order valence-corrected chi connectivity index (χ1v) is 3.31. The predicted octanol–water partition coefficient (Wildman–Crippen LogP) is 0.433. The summed E-state index contributed by atoms with van der Waals surface area (Å²) in [7, 11) is 0. The van der Waals surface area contributed by atoms with Crippen LogP contribution in [0.15, 0.2) is 11.6 Å². The van der Waals surface area contributed by atoms with Gasteiger partial charge in [0.15, 0.2) is 0 Å². The minimum Gasteiger partial charge on any atom is -0.290 e. The summed E-state index contributed by atoms with van der Waals surface area (Å²) in [6.07, 6.45) is -6.42. The van der Waals surface area contributed by atoms with Crippen molar-refractivity contribution in [1.82, 2.24) is 5.43 Å². The molecular formula is C6H6F4N2O. The zero-order valence-corrected chi connectivity index (χ0v) is 6.23. The molecule has 0 fully saturated rings. The van der Waals surface area contributed by atoms with Crippen LogP contribution in [0.4, 0.5) is 17.6 Å². The van der Waals surface area contributed by atoms with Crippen molar-refractivity contribution in [2.45, 2.75) is 12.3 Å². The van der Waals surface area contributed by atoms with Crippen molar-refractivity contribution in [3.05, 3.63) is 11.6 Å². The predicted molar refractivity (Wildman–Crippen MR) is 34.9 cm³/mol. The van der Waals surface area contributed by atoms with Gasteiger partial charge in [-0.15, -0.1) is 0 Å². The molecule has 1 aliphatic rings. The van der Waals surface area contributed by atoms with Crippen molar-refractivity contribution in [1.29, 1.82) is 0 Å². The van der Waals surface area contributed by atoms with Gasteiger partial charge in [-0.3, -0.25) is 10.2 Å². The number of hydrazine groups is 1. The quantitative estimate of drug-likeness (QED) is 0.278. The van der Waals surface area contributed by atoms with Gasteiger partial charge in [0.2, 0.25) is 0 Å². The summed E-state index contributed by atoms with van der Waals surface area (Å²) >= 11 is 0. The fourth-order valence-corrected chi connectivity index (χ4v) is 0.989. The van der Waals surface area contributed by atoms with Crippen molar-refractivity contribution in [3.8, 4) is 0 Å². The molecule has 2 atom stereocenters. The lowest BCUT2D eigenvalue weighted by Crippen LogP contribution is -2.45. The van der Waals surface area contributed by atoms with Crippen LogP contribution in [0.3, 0.4) is 0 Å². The molecule has 0 saturated carbocycles. The third-order valence-corrected chi connectivity index (χ3v) is 1.74. The lowest BCUT2D eigenvalue weighted by atomic mass is 9.83. The van der Waals surface area contributed by atoms with Gasteiger partial charge in [-0.05, 0) is 0 Å². The first-order valence-electron chi connectivity index (χ1n) is 3.31. The lowest BCUT2D eigenvalue weighted by molar-refractivity contribution is -0.179. The molecule has 0 bridgehead atoms. The Hall–Kier alpha value is -1.11. The van der Waals surface area contributed by atoms with Crippen molar-refractivity contribution >= 4 is 5.91 Å². The Labute approximate surface area is 70.6 Å². The first-order chi connectivity index (χ1) is 5.88. The molecule has 0 aromatic carbocycles. The molecule has 0 aliphatic heterocycles. The van der Waals surface area contributed by atoms with Crippen LogP contribution in [0.2, 0.25) is 0 Å². The fraction of sp³-hybridized carbons (Fsp3) is 0.500. The second kappa shape index (κ2) is 2.99. The molecule has 74 valence electrons. The van der Waals surface area contributed by atoms with Gasteiger partial charge in [-0.25, -0.2) is 10.2 Å². The summed E-state index contributed by atoms with van der Waals surface area (Å²) in [6, 6.07) is 0. The third kappa shape index (κ3) is 1.64. The van der Waals surface area contributed by atoms with Gasteiger partial charge in [0.1, 0.15) is 12.1 Å². The van der Waals surface area contributed by atoms with E-state index in [4.69, 9.17) is 0 Å². The number of hydrogen-bond donors (Lipinski definition) is 2. The highest BCUT2D eigenvalue weighted by molar-refractivity contribution is 5.95. The standard InChI is InChI=1S/C6H6F4N2O/c7-4-2(5(13)12-11)1-3(4)6(8,9)10/h1,3-4H,11H2,(H,12,13). The number of allylic oxidation sites excluding steroid dienone is 1. The van der Waals surface area contributed by atoms with Gasteiger partial charge < -0.3 is 0 Å². The Morgan fingerprint density at radius 3 is 2.38 bits per heavy atom.